The van der Waals surface area contributed by atoms with E-state index in [1.807, 2.05) is 0 Å². The highest BCUT2D eigenvalue weighted by atomic mass is 32.1. The van der Waals surface area contributed by atoms with Crippen LogP contribution in [0.5, 0.6) is 5.75 Å². The number of amides is 1. The Balaban J connectivity index is 1.78. The molecular formula is C15H9F3N6O2S. The van der Waals surface area contributed by atoms with Gasteiger partial charge in [0.15, 0.2) is 6.61 Å². The van der Waals surface area contributed by atoms with Crippen LogP contribution in [-0.2, 0) is 0 Å². The highest BCUT2D eigenvalue weighted by molar-refractivity contribution is 7.12. The molecule has 1 amide bonds. The molecule has 0 fully saturated rings. The van der Waals surface area contributed by atoms with Gasteiger partial charge in [0.05, 0.1) is 11.3 Å². The zero-order valence-corrected chi connectivity index (χ0v) is 14.1. The van der Waals surface area contributed by atoms with Crippen LogP contribution in [0.15, 0.2) is 36.0 Å². The molecule has 0 saturated carbocycles. The number of aromatic nitrogens is 4. The van der Waals surface area contributed by atoms with Gasteiger partial charge in [-0.15, -0.1) is 16.4 Å². The minimum Gasteiger partial charge on any atom is -0.483 e. The summed E-state index contributed by atoms with van der Waals surface area (Å²) in [4.78, 5) is 12.8. The summed E-state index contributed by atoms with van der Waals surface area (Å²) in [6.45, 7) is -1.52. The number of thiophene rings is 1. The molecule has 0 atom stereocenters. The molecular weight excluding hydrogens is 385 g/mol. The molecule has 2 heterocycles. The van der Waals surface area contributed by atoms with Gasteiger partial charge in [0.25, 0.3) is 5.91 Å². The maximum atomic E-state index is 12.5. The summed E-state index contributed by atoms with van der Waals surface area (Å²) in [6.07, 6.45) is -3.19. The number of carbonyl (C=O) groups is 1. The highest BCUT2D eigenvalue weighted by Gasteiger charge is 2.29. The predicted octanol–water partition coefficient (Wildman–Crippen LogP) is 2.79. The number of hydrogen-bond donors (Lipinski definition) is 1. The molecule has 3 rings (SSSR count). The molecule has 3 aromatic rings. The van der Waals surface area contributed by atoms with Crippen molar-refractivity contribution in [2.75, 3.05) is 11.9 Å². The number of tetrazole rings is 1. The number of hydrogen-bond acceptors (Lipinski definition) is 7. The first-order valence-corrected chi connectivity index (χ1v) is 8.11. The lowest BCUT2D eigenvalue weighted by atomic mass is 10.2. The van der Waals surface area contributed by atoms with E-state index in [4.69, 9.17) is 5.26 Å². The average Bonchev–Trinajstić information content (AvgIpc) is 3.30. The molecule has 1 N–H and O–H groups in total. The van der Waals surface area contributed by atoms with Gasteiger partial charge >= 0.3 is 6.18 Å². The van der Waals surface area contributed by atoms with Crippen molar-refractivity contribution in [1.82, 2.24) is 20.2 Å². The van der Waals surface area contributed by atoms with Gasteiger partial charge in [-0.25, -0.2) is 0 Å². The second kappa shape index (κ2) is 7.42. The van der Waals surface area contributed by atoms with E-state index >= 15 is 0 Å². The number of halogens is 3. The Kier molecular flexibility index (Phi) is 5.04. The maximum Gasteiger partial charge on any atom is 0.422 e. The lowest BCUT2D eigenvalue weighted by Gasteiger charge is -2.12. The van der Waals surface area contributed by atoms with E-state index < -0.39 is 18.7 Å². The average molecular weight is 394 g/mol. The Morgan fingerprint density at radius 1 is 1.37 bits per heavy atom. The number of nitrogens with zero attached hydrogens (tertiary/aromatic N) is 5. The van der Waals surface area contributed by atoms with E-state index in [1.165, 1.54) is 29.2 Å². The van der Waals surface area contributed by atoms with Crippen LogP contribution in [0.3, 0.4) is 0 Å². The normalized spacial score (nSPS) is 11.0. The molecule has 0 spiro atoms. The zero-order chi connectivity index (χ0) is 19.4. The molecule has 8 nitrogen and oxygen atoms in total. The summed E-state index contributed by atoms with van der Waals surface area (Å²) < 4.78 is 42.7. The van der Waals surface area contributed by atoms with E-state index in [1.54, 1.807) is 17.5 Å². The molecule has 0 aliphatic rings. The van der Waals surface area contributed by atoms with Crippen LogP contribution in [0.2, 0.25) is 0 Å². The Morgan fingerprint density at radius 2 is 2.19 bits per heavy atom. The largest absolute Gasteiger partial charge is 0.483 e. The predicted molar refractivity (Wildman–Crippen MR) is 87.7 cm³/mol. The molecule has 0 unspecified atom stereocenters. The lowest BCUT2D eigenvalue weighted by molar-refractivity contribution is -0.153. The molecule has 0 aliphatic heterocycles. The minimum absolute atomic E-state index is 0.135. The number of nitriles is 1. The van der Waals surface area contributed by atoms with Gasteiger partial charge < -0.3 is 10.1 Å². The maximum absolute atomic E-state index is 12.5. The summed E-state index contributed by atoms with van der Waals surface area (Å²) >= 11 is 1.16. The SMILES string of the molecule is N#Cc1cc(NC(=O)c2sccc2-n2cnnn2)ccc1OCC(F)(F)F. The topological polar surface area (TPSA) is 106 Å². The van der Waals surface area contributed by atoms with Crippen molar-refractivity contribution >= 4 is 22.9 Å². The first-order valence-electron chi connectivity index (χ1n) is 7.23. The van der Waals surface area contributed by atoms with Crippen LogP contribution in [0, 0.1) is 11.3 Å². The third-order valence-corrected chi connectivity index (χ3v) is 4.10. The quantitative estimate of drug-likeness (QED) is 0.713. The summed E-state index contributed by atoms with van der Waals surface area (Å²) in [6, 6.07) is 7.16. The Bertz CT molecular complexity index is 994. The van der Waals surface area contributed by atoms with Crippen molar-refractivity contribution in [1.29, 1.82) is 5.26 Å². The van der Waals surface area contributed by atoms with Crippen molar-refractivity contribution in [2.45, 2.75) is 6.18 Å². The van der Waals surface area contributed by atoms with Crippen molar-refractivity contribution in [2.24, 2.45) is 0 Å². The first-order chi connectivity index (χ1) is 12.9. The monoisotopic (exact) mass is 394 g/mol. The van der Waals surface area contributed by atoms with E-state index in [0.29, 0.717) is 10.6 Å². The van der Waals surface area contributed by atoms with Crippen LogP contribution >= 0.6 is 11.3 Å². The molecule has 1 aromatic carbocycles. The smallest absolute Gasteiger partial charge is 0.422 e. The molecule has 27 heavy (non-hydrogen) atoms. The highest BCUT2D eigenvalue weighted by Crippen LogP contribution is 2.26. The van der Waals surface area contributed by atoms with E-state index in [-0.39, 0.29) is 17.0 Å². The van der Waals surface area contributed by atoms with Gasteiger partial charge in [-0.2, -0.15) is 23.1 Å². The van der Waals surface area contributed by atoms with Gasteiger partial charge in [-0.05, 0) is 40.1 Å². The third-order valence-electron chi connectivity index (χ3n) is 3.20. The second-order valence-electron chi connectivity index (χ2n) is 5.07. The Morgan fingerprint density at radius 3 is 2.85 bits per heavy atom. The third kappa shape index (κ3) is 4.39. The van der Waals surface area contributed by atoms with Crippen LogP contribution in [0.25, 0.3) is 5.69 Å². The van der Waals surface area contributed by atoms with E-state index in [2.05, 4.69) is 25.6 Å². The van der Waals surface area contributed by atoms with E-state index in [0.717, 1.165) is 11.3 Å². The van der Waals surface area contributed by atoms with Crippen molar-refractivity contribution < 1.29 is 22.7 Å². The Labute approximate surface area is 153 Å². The van der Waals surface area contributed by atoms with E-state index in [9.17, 15) is 18.0 Å². The van der Waals surface area contributed by atoms with Crippen LogP contribution in [-0.4, -0.2) is 38.9 Å². The zero-order valence-electron chi connectivity index (χ0n) is 13.3. The summed E-state index contributed by atoms with van der Waals surface area (Å²) in [5.74, 6) is -0.707. The molecule has 0 aliphatic carbocycles. The van der Waals surface area contributed by atoms with Crippen LogP contribution < -0.4 is 10.1 Å². The molecule has 2 aromatic heterocycles. The second-order valence-corrected chi connectivity index (χ2v) is 5.99. The fourth-order valence-corrected chi connectivity index (χ4v) is 2.87. The van der Waals surface area contributed by atoms with Crippen molar-refractivity contribution in [3.8, 4) is 17.5 Å². The number of rotatable bonds is 5. The number of anilines is 1. The number of ether oxygens (including phenoxy) is 1. The number of benzene rings is 1. The van der Waals surface area contributed by atoms with Gasteiger partial charge in [0.2, 0.25) is 0 Å². The number of alkyl halides is 3. The standard InChI is InChI=1S/C15H9F3N6O2S/c16-15(17,18)7-26-12-2-1-10(5-9(12)6-19)21-14(25)13-11(3-4-27-13)24-8-20-22-23-24/h1-5,8H,7H2,(H,21,25). The van der Waals surface area contributed by atoms with Gasteiger partial charge in [0.1, 0.15) is 23.0 Å². The molecule has 0 saturated heterocycles. The van der Waals surface area contributed by atoms with Crippen LogP contribution in [0.4, 0.5) is 18.9 Å². The lowest BCUT2D eigenvalue weighted by Crippen LogP contribution is -2.19. The molecule has 138 valence electrons. The number of nitrogens with one attached hydrogen (secondary N) is 1. The molecule has 0 bridgehead atoms. The van der Waals surface area contributed by atoms with Crippen LogP contribution in [0.1, 0.15) is 15.2 Å². The summed E-state index contributed by atoms with van der Waals surface area (Å²) in [5, 5.41) is 24.1. The first kappa shape index (κ1) is 18.3. The fourth-order valence-electron chi connectivity index (χ4n) is 2.09. The molecule has 12 heteroatoms. The number of carbonyl (C=O) groups excluding carboxylic acids is 1. The summed E-state index contributed by atoms with van der Waals surface area (Å²) in [5.41, 5.74) is 0.559. The summed E-state index contributed by atoms with van der Waals surface area (Å²) in [7, 11) is 0. The van der Waals surface area contributed by atoms with Crippen molar-refractivity contribution in [3.05, 3.63) is 46.4 Å². The Hall–Kier alpha value is -3.46. The van der Waals surface area contributed by atoms with Gasteiger partial charge in [-0.3, -0.25) is 4.79 Å². The van der Waals surface area contributed by atoms with Crippen molar-refractivity contribution in [3.63, 3.8) is 0 Å². The van der Waals surface area contributed by atoms with Gasteiger partial charge in [-0.1, -0.05) is 0 Å². The molecule has 0 radical (unpaired) electrons. The van der Waals surface area contributed by atoms with Gasteiger partial charge in [0, 0.05) is 5.69 Å². The minimum atomic E-state index is -4.52. The fraction of sp³-hybridized carbons (Fsp3) is 0.133.